The van der Waals surface area contributed by atoms with Crippen molar-refractivity contribution in [1.29, 1.82) is 0 Å². The number of rotatable bonds is 5. The van der Waals surface area contributed by atoms with Gasteiger partial charge < -0.3 is 4.90 Å². The summed E-state index contributed by atoms with van der Waals surface area (Å²) in [6.45, 7) is 6.22. The van der Waals surface area contributed by atoms with Crippen molar-refractivity contribution in [3.05, 3.63) is 98.6 Å². The maximum absolute atomic E-state index is 2.48. The van der Waals surface area contributed by atoms with Crippen LogP contribution in [0.2, 0.25) is 0 Å². The SMILES string of the molecule is Cc1cc(N(Cc2ccccc2)Cc2ccccc2)c(C)cc1I.Cl. The van der Waals surface area contributed by atoms with Crippen LogP contribution in [0.25, 0.3) is 0 Å². The molecule has 3 rings (SSSR count). The van der Waals surface area contributed by atoms with Crippen molar-refractivity contribution in [3.8, 4) is 0 Å². The fraction of sp³-hybridized carbons (Fsp3) is 0.182. The summed E-state index contributed by atoms with van der Waals surface area (Å²) < 4.78 is 1.33. The number of aryl methyl sites for hydroxylation is 2. The highest BCUT2D eigenvalue weighted by Crippen LogP contribution is 2.28. The second kappa shape index (κ2) is 9.25. The van der Waals surface area contributed by atoms with Gasteiger partial charge in [0, 0.05) is 22.3 Å². The minimum atomic E-state index is 0. The molecule has 0 unspecified atom stereocenters. The molecule has 3 aromatic rings. The van der Waals surface area contributed by atoms with Gasteiger partial charge in [0.15, 0.2) is 0 Å². The molecule has 0 spiro atoms. The average molecular weight is 464 g/mol. The Balaban J connectivity index is 0.00000225. The topological polar surface area (TPSA) is 3.24 Å². The van der Waals surface area contributed by atoms with Gasteiger partial charge in [-0.25, -0.2) is 0 Å². The number of benzene rings is 3. The van der Waals surface area contributed by atoms with E-state index in [9.17, 15) is 0 Å². The second-order valence-electron chi connectivity index (χ2n) is 6.22. The number of hydrogen-bond acceptors (Lipinski definition) is 1. The molecule has 0 aromatic heterocycles. The van der Waals surface area contributed by atoms with Crippen LogP contribution < -0.4 is 4.90 Å². The summed E-state index contributed by atoms with van der Waals surface area (Å²) in [5, 5.41) is 0. The summed E-state index contributed by atoms with van der Waals surface area (Å²) in [4.78, 5) is 2.48. The highest BCUT2D eigenvalue weighted by Gasteiger charge is 2.12. The molecule has 0 aliphatic rings. The molecular formula is C22H23ClIN. The van der Waals surface area contributed by atoms with Crippen LogP contribution in [0.1, 0.15) is 22.3 Å². The Bertz CT molecular complexity index is 762. The summed E-state index contributed by atoms with van der Waals surface area (Å²) in [6.07, 6.45) is 0. The zero-order valence-electron chi connectivity index (χ0n) is 14.6. The van der Waals surface area contributed by atoms with Crippen LogP contribution in [0.15, 0.2) is 72.8 Å². The molecule has 1 nitrogen and oxygen atoms in total. The van der Waals surface area contributed by atoms with Crippen molar-refractivity contribution in [2.45, 2.75) is 26.9 Å². The highest BCUT2D eigenvalue weighted by molar-refractivity contribution is 14.1. The third kappa shape index (κ3) is 5.23. The molecule has 0 radical (unpaired) electrons. The first kappa shape index (κ1) is 19.8. The van der Waals surface area contributed by atoms with Gasteiger partial charge in [0.25, 0.3) is 0 Å². The van der Waals surface area contributed by atoms with E-state index in [1.807, 2.05) is 0 Å². The molecule has 3 heteroatoms. The summed E-state index contributed by atoms with van der Waals surface area (Å²) in [7, 11) is 0. The molecule has 0 saturated carbocycles. The molecule has 0 aliphatic heterocycles. The van der Waals surface area contributed by atoms with Gasteiger partial charge in [0.2, 0.25) is 0 Å². The first-order valence-electron chi connectivity index (χ1n) is 8.23. The molecular weight excluding hydrogens is 441 g/mol. The van der Waals surface area contributed by atoms with E-state index in [0.29, 0.717) is 0 Å². The monoisotopic (exact) mass is 463 g/mol. The Labute approximate surface area is 170 Å². The number of anilines is 1. The van der Waals surface area contributed by atoms with Crippen LogP contribution in [-0.2, 0) is 13.1 Å². The van der Waals surface area contributed by atoms with Crippen molar-refractivity contribution in [2.24, 2.45) is 0 Å². The Kier molecular flexibility index (Phi) is 7.33. The molecule has 0 saturated heterocycles. The molecule has 0 fully saturated rings. The molecule has 130 valence electrons. The van der Waals surface area contributed by atoms with E-state index in [2.05, 4.69) is 114 Å². The van der Waals surface area contributed by atoms with Crippen LogP contribution in [0, 0.1) is 17.4 Å². The van der Waals surface area contributed by atoms with Crippen LogP contribution in [0.5, 0.6) is 0 Å². The summed E-state index contributed by atoms with van der Waals surface area (Å²) >= 11 is 2.42. The fourth-order valence-electron chi connectivity index (χ4n) is 2.94. The Hall–Kier alpha value is -1.52. The molecule has 0 amide bonds. The Morgan fingerprint density at radius 3 is 1.68 bits per heavy atom. The number of halogens is 2. The van der Waals surface area contributed by atoms with Crippen LogP contribution in [0.4, 0.5) is 5.69 Å². The van der Waals surface area contributed by atoms with Gasteiger partial charge in [0.05, 0.1) is 0 Å². The van der Waals surface area contributed by atoms with E-state index in [0.717, 1.165) is 13.1 Å². The predicted octanol–water partition coefficient (Wildman–Crippen LogP) is 6.54. The van der Waals surface area contributed by atoms with E-state index in [1.165, 1.54) is 31.5 Å². The Morgan fingerprint density at radius 1 is 0.720 bits per heavy atom. The van der Waals surface area contributed by atoms with E-state index in [1.54, 1.807) is 0 Å². The predicted molar refractivity (Wildman–Crippen MR) is 119 cm³/mol. The Morgan fingerprint density at radius 2 is 1.20 bits per heavy atom. The molecule has 25 heavy (non-hydrogen) atoms. The average Bonchev–Trinajstić information content (AvgIpc) is 2.59. The zero-order valence-corrected chi connectivity index (χ0v) is 17.5. The normalized spacial score (nSPS) is 10.2. The molecule has 0 N–H and O–H groups in total. The highest BCUT2D eigenvalue weighted by atomic mass is 127. The van der Waals surface area contributed by atoms with Crippen molar-refractivity contribution in [2.75, 3.05) is 4.90 Å². The summed E-state index contributed by atoms with van der Waals surface area (Å²) in [5.74, 6) is 0. The van der Waals surface area contributed by atoms with Crippen LogP contribution in [-0.4, -0.2) is 0 Å². The van der Waals surface area contributed by atoms with Crippen LogP contribution >= 0.6 is 35.0 Å². The van der Waals surface area contributed by atoms with Gasteiger partial charge in [0.1, 0.15) is 0 Å². The minimum Gasteiger partial charge on any atom is -0.363 e. The summed E-state index contributed by atoms with van der Waals surface area (Å²) in [6, 6.07) is 26.0. The van der Waals surface area contributed by atoms with Crippen molar-refractivity contribution >= 4 is 40.7 Å². The molecule has 0 aliphatic carbocycles. The smallest absolute Gasteiger partial charge is 0.0433 e. The fourth-order valence-corrected chi connectivity index (χ4v) is 3.56. The van der Waals surface area contributed by atoms with E-state index in [4.69, 9.17) is 0 Å². The van der Waals surface area contributed by atoms with E-state index >= 15 is 0 Å². The number of nitrogens with zero attached hydrogens (tertiary/aromatic N) is 1. The quantitative estimate of drug-likeness (QED) is 0.388. The first-order valence-corrected chi connectivity index (χ1v) is 9.31. The van der Waals surface area contributed by atoms with E-state index in [-0.39, 0.29) is 12.4 Å². The van der Waals surface area contributed by atoms with Gasteiger partial charge in [-0.2, -0.15) is 0 Å². The molecule has 0 atom stereocenters. The third-order valence-electron chi connectivity index (χ3n) is 4.25. The standard InChI is InChI=1S/C22H22IN.ClH/c1-17-14-22(18(2)13-21(17)23)24(15-19-9-5-3-6-10-19)16-20-11-7-4-8-12-20;/h3-14H,15-16H2,1-2H3;1H. The van der Waals surface area contributed by atoms with Gasteiger partial charge in [-0.3, -0.25) is 0 Å². The van der Waals surface area contributed by atoms with Gasteiger partial charge >= 0.3 is 0 Å². The third-order valence-corrected chi connectivity index (χ3v) is 5.41. The lowest BCUT2D eigenvalue weighted by Gasteiger charge is -2.27. The lowest BCUT2D eigenvalue weighted by Crippen LogP contribution is -2.23. The minimum absolute atomic E-state index is 0. The largest absolute Gasteiger partial charge is 0.363 e. The lowest BCUT2D eigenvalue weighted by molar-refractivity contribution is 0.795. The lowest BCUT2D eigenvalue weighted by atomic mass is 10.1. The number of hydrogen-bond donors (Lipinski definition) is 0. The van der Waals surface area contributed by atoms with Crippen molar-refractivity contribution in [1.82, 2.24) is 0 Å². The van der Waals surface area contributed by atoms with Crippen LogP contribution in [0.3, 0.4) is 0 Å². The zero-order chi connectivity index (χ0) is 16.9. The molecule has 3 aromatic carbocycles. The molecule has 0 bridgehead atoms. The second-order valence-corrected chi connectivity index (χ2v) is 7.38. The molecule has 0 heterocycles. The van der Waals surface area contributed by atoms with Crippen molar-refractivity contribution in [3.63, 3.8) is 0 Å². The maximum atomic E-state index is 2.48. The maximum Gasteiger partial charge on any atom is 0.0433 e. The van der Waals surface area contributed by atoms with Crippen molar-refractivity contribution < 1.29 is 0 Å². The van der Waals surface area contributed by atoms with E-state index < -0.39 is 0 Å². The first-order chi connectivity index (χ1) is 11.6. The van der Waals surface area contributed by atoms with Gasteiger partial charge in [-0.15, -0.1) is 12.4 Å². The van der Waals surface area contributed by atoms with Gasteiger partial charge in [-0.1, -0.05) is 60.7 Å². The summed E-state index contributed by atoms with van der Waals surface area (Å²) in [5.41, 5.74) is 6.66. The van der Waals surface area contributed by atoms with Gasteiger partial charge in [-0.05, 0) is 70.8 Å².